The number of halogens is 3. The zero-order valence-electron chi connectivity index (χ0n) is 22.6. The van der Waals surface area contributed by atoms with Gasteiger partial charge in [0.25, 0.3) is 0 Å². The molecule has 0 fully saturated rings. The van der Waals surface area contributed by atoms with Crippen molar-refractivity contribution in [2.75, 3.05) is 0 Å². The Morgan fingerprint density at radius 1 is 0.795 bits per heavy atom. The van der Waals surface area contributed by atoms with Crippen molar-refractivity contribution < 1.29 is 13.7 Å². The number of hydrogen-bond donors (Lipinski definition) is 0. The van der Waals surface area contributed by atoms with Crippen LogP contribution in [0.15, 0.2) is 108 Å². The Bertz CT molecular complexity index is 2150. The van der Waals surface area contributed by atoms with Crippen LogP contribution in [0.4, 0.5) is 4.39 Å². The van der Waals surface area contributed by atoms with Crippen LogP contribution < -0.4 is 0 Å². The number of carbonyl (C=O) groups excluding carboxylic acids is 1. The predicted molar refractivity (Wildman–Crippen MR) is 171 cm³/mol. The molecule has 0 aliphatic rings. The summed E-state index contributed by atoms with van der Waals surface area (Å²) in [6, 6.07) is 32.0. The minimum absolute atomic E-state index is 0.203. The molecule has 0 N–H and O–H groups in total. The molecule has 0 aliphatic heterocycles. The molecule has 9 heteroatoms. The lowest BCUT2D eigenvalue weighted by molar-refractivity contribution is 0.112. The van der Waals surface area contributed by atoms with E-state index in [0.717, 1.165) is 0 Å². The fourth-order valence-corrected chi connectivity index (χ4v) is 6.96. The molecule has 212 valence electrons. The van der Waals surface area contributed by atoms with E-state index in [1.807, 2.05) is 18.2 Å². The molecule has 5 aromatic carbocycles. The SMILES string of the molecule is N#Cc1cccc(C#N)c1-c1c(-c2cccc(-c3ccc(C=O)cc3Cl)c2)n([S+]([O-])c2ccc(Cl)cc2)c2ccc(F)cc12. The zero-order chi connectivity index (χ0) is 31.0. The minimum atomic E-state index is -1.87. The van der Waals surface area contributed by atoms with Crippen molar-refractivity contribution in [3.8, 4) is 45.6 Å². The third-order valence-electron chi connectivity index (χ3n) is 7.20. The van der Waals surface area contributed by atoms with Crippen LogP contribution >= 0.6 is 23.2 Å². The summed E-state index contributed by atoms with van der Waals surface area (Å²) in [5.41, 5.74) is 4.28. The van der Waals surface area contributed by atoms with Crippen LogP contribution in [0, 0.1) is 28.5 Å². The van der Waals surface area contributed by atoms with Crippen LogP contribution in [0.3, 0.4) is 0 Å². The van der Waals surface area contributed by atoms with Crippen LogP contribution in [0.25, 0.3) is 44.4 Å². The van der Waals surface area contributed by atoms with Gasteiger partial charge in [-0.25, -0.2) is 4.39 Å². The second-order valence-corrected chi connectivity index (χ2v) is 12.0. The van der Waals surface area contributed by atoms with Crippen LogP contribution in [-0.4, -0.2) is 14.8 Å². The standard InChI is InChI=1S/C35H18Cl2FN3O2S/c36-26-8-11-28(12-9-26)44(43)41-32-14-10-27(38)17-30(32)34(33-24(18-39)5-2-6-25(33)19-40)35(41)23-4-1-3-22(16-23)29-13-7-21(20-42)15-31(29)37/h1-17,20H. The van der Waals surface area contributed by atoms with Gasteiger partial charge in [-0.3, -0.25) is 4.79 Å². The number of hydrogen-bond acceptors (Lipinski definition) is 4. The molecule has 0 amide bonds. The molecule has 44 heavy (non-hydrogen) atoms. The molecule has 6 aromatic rings. The van der Waals surface area contributed by atoms with E-state index in [1.54, 1.807) is 70.7 Å². The summed E-state index contributed by atoms with van der Waals surface area (Å²) in [6.07, 6.45) is 0.710. The first-order chi connectivity index (χ1) is 21.3. The molecule has 0 saturated carbocycles. The van der Waals surface area contributed by atoms with Gasteiger partial charge in [-0.2, -0.15) is 14.5 Å². The number of benzene rings is 5. The van der Waals surface area contributed by atoms with Crippen molar-refractivity contribution in [3.63, 3.8) is 0 Å². The van der Waals surface area contributed by atoms with E-state index in [1.165, 1.54) is 18.2 Å². The van der Waals surface area contributed by atoms with Crippen LogP contribution in [0.5, 0.6) is 0 Å². The molecule has 6 rings (SSSR count). The molecule has 0 saturated heterocycles. The van der Waals surface area contributed by atoms with Gasteiger partial charge in [-0.15, -0.1) is 0 Å². The fourth-order valence-electron chi connectivity index (χ4n) is 5.26. The third kappa shape index (κ3) is 5.13. The number of aldehydes is 1. The Labute approximate surface area is 265 Å². The van der Waals surface area contributed by atoms with Gasteiger partial charge in [-0.05, 0) is 72.3 Å². The van der Waals surface area contributed by atoms with E-state index in [4.69, 9.17) is 23.2 Å². The first-order valence-corrected chi connectivity index (χ1v) is 15.0. The number of rotatable bonds is 6. The lowest BCUT2D eigenvalue weighted by Gasteiger charge is -2.17. The molecule has 0 spiro atoms. The van der Waals surface area contributed by atoms with Crippen LogP contribution in [0.2, 0.25) is 10.0 Å². The van der Waals surface area contributed by atoms with Crippen molar-refractivity contribution in [2.45, 2.75) is 4.90 Å². The average molecular weight is 635 g/mol. The van der Waals surface area contributed by atoms with E-state index in [0.29, 0.717) is 71.2 Å². The third-order valence-corrected chi connectivity index (χ3v) is 9.15. The molecule has 0 aliphatic carbocycles. The topological polar surface area (TPSA) is 92.6 Å². The zero-order valence-corrected chi connectivity index (χ0v) is 24.9. The first-order valence-electron chi connectivity index (χ1n) is 13.2. The number of nitrogens with zero attached hydrogens (tertiary/aromatic N) is 3. The van der Waals surface area contributed by atoms with Crippen LogP contribution in [-0.2, 0) is 11.4 Å². The second kappa shape index (κ2) is 12.0. The Kier molecular flexibility index (Phi) is 7.97. The average Bonchev–Trinajstić information content (AvgIpc) is 3.38. The molecule has 1 heterocycles. The van der Waals surface area contributed by atoms with E-state index in [2.05, 4.69) is 12.1 Å². The largest absolute Gasteiger partial charge is 0.587 e. The van der Waals surface area contributed by atoms with Gasteiger partial charge in [0, 0.05) is 43.2 Å². The van der Waals surface area contributed by atoms with Gasteiger partial charge in [0.05, 0.1) is 28.8 Å². The van der Waals surface area contributed by atoms with E-state index < -0.39 is 17.2 Å². The Morgan fingerprint density at radius 2 is 1.48 bits per heavy atom. The van der Waals surface area contributed by atoms with Crippen molar-refractivity contribution in [2.24, 2.45) is 0 Å². The van der Waals surface area contributed by atoms with Gasteiger partial charge >= 0.3 is 0 Å². The second-order valence-electron chi connectivity index (χ2n) is 9.77. The summed E-state index contributed by atoms with van der Waals surface area (Å²) < 4.78 is 31.0. The van der Waals surface area contributed by atoms with Crippen molar-refractivity contribution in [3.05, 3.63) is 136 Å². The first kappa shape index (κ1) is 29.2. The lowest BCUT2D eigenvalue weighted by Crippen LogP contribution is -2.14. The highest BCUT2D eigenvalue weighted by atomic mass is 35.5. The fraction of sp³-hybridized carbons (Fsp3) is 0. The van der Waals surface area contributed by atoms with Gasteiger partial charge in [0.15, 0.2) is 4.90 Å². The Morgan fingerprint density at radius 3 is 2.14 bits per heavy atom. The summed E-state index contributed by atoms with van der Waals surface area (Å²) in [6.45, 7) is 0. The molecular formula is C35H18Cl2FN3O2S. The van der Waals surface area contributed by atoms with Gasteiger partial charge < -0.3 is 4.55 Å². The molecular weight excluding hydrogens is 616 g/mol. The highest BCUT2D eigenvalue weighted by molar-refractivity contribution is 7.90. The molecule has 1 aromatic heterocycles. The van der Waals surface area contributed by atoms with Gasteiger partial charge in [0.2, 0.25) is 0 Å². The summed E-state index contributed by atoms with van der Waals surface area (Å²) >= 11 is 10.8. The predicted octanol–water partition coefficient (Wildman–Crippen LogP) is 9.21. The van der Waals surface area contributed by atoms with E-state index >= 15 is 0 Å². The quantitative estimate of drug-likeness (QED) is 0.135. The van der Waals surface area contributed by atoms with Crippen molar-refractivity contribution in [1.82, 2.24) is 3.97 Å². The summed E-state index contributed by atoms with van der Waals surface area (Å²) in [5.74, 6) is -0.538. The smallest absolute Gasteiger partial charge is 0.180 e. The molecule has 1 unspecified atom stereocenters. The van der Waals surface area contributed by atoms with E-state index in [9.17, 15) is 24.3 Å². The molecule has 1 atom stereocenters. The highest BCUT2D eigenvalue weighted by Gasteiger charge is 2.31. The molecule has 0 bridgehead atoms. The summed E-state index contributed by atoms with van der Waals surface area (Å²) in [4.78, 5) is 11.7. The Hall–Kier alpha value is -4.89. The van der Waals surface area contributed by atoms with Crippen LogP contribution in [0.1, 0.15) is 21.5 Å². The number of aromatic nitrogens is 1. The monoisotopic (exact) mass is 633 g/mol. The number of nitriles is 2. The van der Waals surface area contributed by atoms with Crippen molar-refractivity contribution in [1.29, 1.82) is 10.5 Å². The maximum Gasteiger partial charge on any atom is 0.180 e. The maximum atomic E-state index is 14.9. The minimum Gasteiger partial charge on any atom is -0.587 e. The van der Waals surface area contributed by atoms with Gasteiger partial charge in [0.1, 0.15) is 29.2 Å². The normalized spacial score (nSPS) is 11.6. The van der Waals surface area contributed by atoms with Crippen molar-refractivity contribution >= 4 is 51.8 Å². The summed E-state index contributed by atoms with van der Waals surface area (Å²) in [5, 5.41) is 21.5. The highest BCUT2D eigenvalue weighted by Crippen LogP contribution is 2.46. The van der Waals surface area contributed by atoms with Gasteiger partial charge in [-0.1, -0.05) is 59.6 Å². The van der Waals surface area contributed by atoms with E-state index in [-0.39, 0.29) is 11.1 Å². The Balaban J connectivity index is 1.75. The maximum absolute atomic E-state index is 14.9. The number of carbonyl (C=O) groups is 1. The number of fused-ring (bicyclic) bond motifs is 1. The lowest BCUT2D eigenvalue weighted by atomic mass is 9.90. The molecule has 5 nitrogen and oxygen atoms in total. The molecule has 0 radical (unpaired) electrons. The summed E-state index contributed by atoms with van der Waals surface area (Å²) in [7, 11) is 0.